The van der Waals surface area contributed by atoms with E-state index in [1.807, 2.05) is 60.7 Å². The summed E-state index contributed by atoms with van der Waals surface area (Å²) in [7, 11) is 0. The van der Waals surface area contributed by atoms with Crippen LogP contribution in [0, 0.1) is 5.82 Å². The van der Waals surface area contributed by atoms with Gasteiger partial charge in [0.2, 0.25) is 5.82 Å². The Morgan fingerprint density at radius 3 is 2.28 bits per heavy atom. The summed E-state index contributed by atoms with van der Waals surface area (Å²) in [5, 5.41) is 8.26. The molecule has 0 aliphatic heterocycles. The standard InChI is InChI=1S/C22H16FN5O/c23-18-13-11-16(12-14-18)15-24-26-22(29)20-25-21(17-7-3-1-4-8-17)28(27-20)19-9-5-2-6-10-19/h1-15H,(H,26,29). The molecule has 7 heteroatoms. The molecule has 0 saturated carbocycles. The van der Waals surface area contributed by atoms with Gasteiger partial charge in [0.25, 0.3) is 0 Å². The van der Waals surface area contributed by atoms with Crippen LogP contribution in [-0.2, 0) is 0 Å². The van der Waals surface area contributed by atoms with Crippen molar-refractivity contribution in [2.24, 2.45) is 5.10 Å². The fraction of sp³-hybridized carbons (Fsp3) is 0. The summed E-state index contributed by atoms with van der Waals surface area (Å²) < 4.78 is 14.6. The van der Waals surface area contributed by atoms with Gasteiger partial charge in [-0.05, 0) is 29.8 Å². The molecule has 3 aromatic carbocycles. The molecule has 0 spiro atoms. The van der Waals surface area contributed by atoms with Gasteiger partial charge in [0.1, 0.15) is 5.82 Å². The molecule has 1 amide bonds. The smallest absolute Gasteiger partial charge is 0.264 e. The average molecular weight is 385 g/mol. The largest absolute Gasteiger partial charge is 0.311 e. The molecule has 0 fully saturated rings. The van der Waals surface area contributed by atoms with Gasteiger partial charge in [-0.25, -0.2) is 19.5 Å². The quantitative estimate of drug-likeness (QED) is 0.419. The third kappa shape index (κ3) is 4.24. The van der Waals surface area contributed by atoms with E-state index in [1.54, 1.807) is 16.8 Å². The SMILES string of the molecule is O=C(NN=Cc1ccc(F)cc1)c1nc(-c2ccccc2)n(-c2ccccc2)n1. The summed E-state index contributed by atoms with van der Waals surface area (Å²) in [5.74, 6) is -0.348. The first-order valence-corrected chi connectivity index (χ1v) is 8.87. The molecule has 1 heterocycles. The van der Waals surface area contributed by atoms with Crippen LogP contribution in [0.1, 0.15) is 16.2 Å². The van der Waals surface area contributed by atoms with E-state index in [0.29, 0.717) is 11.4 Å². The normalized spacial score (nSPS) is 10.9. The topological polar surface area (TPSA) is 72.2 Å². The number of aromatic nitrogens is 3. The Hall–Kier alpha value is -4.13. The molecule has 0 aliphatic rings. The molecular weight excluding hydrogens is 369 g/mol. The molecule has 0 atom stereocenters. The fourth-order valence-electron chi connectivity index (χ4n) is 2.70. The Balaban J connectivity index is 1.61. The van der Waals surface area contributed by atoms with Crippen LogP contribution in [0.3, 0.4) is 0 Å². The zero-order valence-corrected chi connectivity index (χ0v) is 15.2. The van der Waals surface area contributed by atoms with Crippen molar-refractivity contribution in [1.82, 2.24) is 20.2 Å². The van der Waals surface area contributed by atoms with Crippen LogP contribution in [-0.4, -0.2) is 26.9 Å². The molecule has 6 nitrogen and oxygen atoms in total. The summed E-state index contributed by atoms with van der Waals surface area (Å²) in [5.41, 5.74) is 4.67. The van der Waals surface area contributed by atoms with Gasteiger partial charge >= 0.3 is 5.91 Å². The molecule has 29 heavy (non-hydrogen) atoms. The third-order valence-corrected chi connectivity index (χ3v) is 4.09. The number of nitrogens with zero attached hydrogens (tertiary/aromatic N) is 4. The molecule has 0 aliphatic carbocycles. The Morgan fingerprint density at radius 2 is 1.59 bits per heavy atom. The number of nitrogens with one attached hydrogen (secondary N) is 1. The van der Waals surface area contributed by atoms with E-state index < -0.39 is 5.91 Å². The van der Waals surface area contributed by atoms with Crippen LogP contribution in [0.15, 0.2) is 90.0 Å². The first-order chi connectivity index (χ1) is 14.2. The number of hydrogen-bond acceptors (Lipinski definition) is 4. The lowest BCUT2D eigenvalue weighted by Crippen LogP contribution is -2.19. The molecule has 0 unspecified atom stereocenters. The highest BCUT2D eigenvalue weighted by molar-refractivity contribution is 5.92. The van der Waals surface area contributed by atoms with E-state index in [2.05, 4.69) is 20.6 Å². The number of halogens is 1. The Bertz CT molecular complexity index is 1080. The van der Waals surface area contributed by atoms with E-state index in [0.717, 1.165) is 11.3 Å². The number of hydrazone groups is 1. The molecule has 4 aromatic rings. The predicted molar refractivity (Wildman–Crippen MR) is 108 cm³/mol. The highest BCUT2D eigenvalue weighted by Gasteiger charge is 2.18. The van der Waals surface area contributed by atoms with E-state index in [1.165, 1.54) is 18.3 Å². The monoisotopic (exact) mass is 385 g/mol. The van der Waals surface area contributed by atoms with E-state index >= 15 is 0 Å². The number of benzene rings is 3. The second-order valence-corrected chi connectivity index (χ2v) is 6.12. The van der Waals surface area contributed by atoms with Crippen molar-refractivity contribution >= 4 is 12.1 Å². The molecule has 142 valence electrons. The molecule has 4 rings (SSSR count). The van der Waals surface area contributed by atoms with Crippen molar-refractivity contribution in [2.45, 2.75) is 0 Å². The number of para-hydroxylation sites is 1. The van der Waals surface area contributed by atoms with Crippen LogP contribution in [0.25, 0.3) is 17.1 Å². The van der Waals surface area contributed by atoms with Gasteiger partial charge in [0, 0.05) is 5.56 Å². The molecule has 1 N–H and O–H groups in total. The van der Waals surface area contributed by atoms with Crippen LogP contribution < -0.4 is 5.43 Å². The predicted octanol–water partition coefficient (Wildman–Crippen LogP) is 3.84. The highest BCUT2D eigenvalue weighted by atomic mass is 19.1. The number of amides is 1. The van der Waals surface area contributed by atoms with Crippen molar-refractivity contribution < 1.29 is 9.18 Å². The van der Waals surface area contributed by atoms with E-state index in [9.17, 15) is 9.18 Å². The zero-order valence-electron chi connectivity index (χ0n) is 15.2. The van der Waals surface area contributed by atoms with Crippen molar-refractivity contribution in [1.29, 1.82) is 0 Å². The summed E-state index contributed by atoms with van der Waals surface area (Å²) in [4.78, 5) is 16.9. The van der Waals surface area contributed by atoms with Crippen molar-refractivity contribution in [3.8, 4) is 17.1 Å². The Labute approximate surface area is 166 Å². The summed E-state index contributed by atoms with van der Waals surface area (Å²) >= 11 is 0. The summed E-state index contributed by atoms with van der Waals surface area (Å²) in [6, 6.07) is 24.7. The Morgan fingerprint density at radius 1 is 0.931 bits per heavy atom. The van der Waals surface area contributed by atoms with Gasteiger partial charge in [-0.1, -0.05) is 60.7 Å². The average Bonchev–Trinajstić information content (AvgIpc) is 3.22. The van der Waals surface area contributed by atoms with Gasteiger partial charge in [0.15, 0.2) is 5.82 Å². The van der Waals surface area contributed by atoms with Crippen LogP contribution in [0.4, 0.5) is 4.39 Å². The molecule has 1 aromatic heterocycles. The van der Waals surface area contributed by atoms with Crippen molar-refractivity contribution in [3.63, 3.8) is 0 Å². The highest BCUT2D eigenvalue weighted by Crippen LogP contribution is 2.20. The molecule has 0 radical (unpaired) electrons. The van der Waals surface area contributed by atoms with Crippen LogP contribution >= 0.6 is 0 Å². The zero-order chi connectivity index (χ0) is 20.1. The first kappa shape index (κ1) is 18.2. The van der Waals surface area contributed by atoms with Gasteiger partial charge in [-0.2, -0.15) is 5.10 Å². The van der Waals surface area contributed by atoms with Gasteiger partial charge < -0.3 is 0 Å². The molecular formula is C22H16FN5O. The second-order valence-electron chi connectivity index (χ2n) is 6.12. The number of carbonyl (C=O) groups is 1. The lowest BCUT2D eigenvalue weighted by molar-refractivity contribution is 0.0945. The lowest BCUT2D eigenvalue weighted by atomic mass is 10.2. The van der Waals surface area contributed by atoms with E-state index in [-0.39, 0.29) is 11.6 Å². The maximum atomic E-state index is 12.9. The summed E-state index contributed by atoms with van der Waals surface area (Å²) in [6.45, 7) is 0. The molecule has 0 bridgehead atoms. The van der Waals surface area contributed by atoms with Gasteiger partial charge in [-0.3, -0.25) is 4.79 Å². The lowest BCUT2D eigenvalue weighted by Gasteiger charge is -2.05. The fourth-order valence-corrected chi connectivity index (χ4v) is 2.70. The van der Waals surface area contributed by atoms with Gasteiger partial charge in [0.05, 0.1) is 11.9 Å². The van der Waals surface area contributed by atoms with Crippen LogP contribution in [0.5, 0.6) is 0 Å². The second kappa shape index (κ2) is 8.26. The minimum Gasteiger partial charge on any atom is -0.264 e. The van der Waals surface area contributed by atoms with Crippen molar-refractivity contribution in [3.05, 3.63) is 102 Å². The minimum absolute atomic E-state index is 0.0102. The van der Waals surface area contributed by atoms with Crippen molar-refractivity contribution in [2.75, 3.05) is 0 Å². The minimum atomic E-state index is -0.546. The Kier molecular flexibility index (Phi) is 5.20. The molecule has 0 saturated heterocycles. The number of hydrogen-bond donors (Lipinski definition) is 1. The maximum Gasteiger partial charge on any atom is 0.311 e. The summed E-state index contributed by atoms with van der Waals surface area (Å²) in [6.07, 6.45) is 1.42. The van der Waals surface area contributed by atoms with E-state index in [4.69, 9.17) is 0 Å². The first-order valence-electron chi connectivity index (χ1n) is 8.87. The number of carbonyl (C=O) groups excluding carboxylic acids is 1. The maximum absolute atomic E-state index is 12.9. The third-order valence-electron chi connectivity index (χ3n) is 4.09. The van der Waals surface area contributed by atoms with Crippen LogP contribution in [0.2, 0.25) is 0 Å². The van der Waals surface area contributed by atoms with Gasteiger partial charge in [-0.15, -0.1) is 5.10 Å². The number of rotatable bonds is 5.